The Hall–Kier alpha value is -0.160. The van der Waals surface area contributed by atoms with Gasteiger partial charge in [-0.25, -0.2) is 0 Å². The van der Waals surface area contributed by atoms with Crippen LogP contribution in [0.4, 0.5) is 0 Å². The van der Waals surface area contributed by atoms with E-state index in [1.807, 2.05) is 0 Å². The molecule has 2 aliphatic rings. The highest BCUT2D eigenvalue weighted by Crippen LogP contribution is 2.63. The third-order valence-electron chi connectivity index (χ3n) is 5.49. The van der Waals surface area contributed by atoms with Crippen LogP contribution in [0.15, 0.2) is 24.3 Å². The van der Waals surface area contributed by atoms with Gasteiger partial charge >= 0.3 is 0 Å². The second kappa shape index (κ2) is 6.39. The van der Waals surface area contributed by atoms with E-state index in [-0.39, 0.29) is 0 Å². The van der Waals surface area contributed by atoms with Crippen LogP contribution in [0.25, 0.3) is 0 Å². The van der Waals surface area contributed by atoms with Gasteiger partial charge < -0.3 is 9.09 Å². The lowest BCUT2D eigenvalue weighted by molar-refractivity contribution is 0.212. The molecule has 0 N–H and O–H groups in total. The van der Waals surface area contributed by atoms with Crippen LogP contribution in [0.3, 0.4) is 0 Å². The first-order valence-electron chi connectivity index (χ1n) is 8.59. The Morgan fingerprint density at radius 1 is 1.00 bits per heavy atom. The molecular formula is C18H28O2P2. The molecule has 4 heteroatoms. The van der Waals surface area contributed by atoms with Gasteiger partial charge in [0.25, 0.3) is 0 Å². The van der Waals surface area contributed by atoms with E-state index in [0.29, 0.717) is 23.1 Å². The van der Waals surface area contributed by atoms with Crippen LogP contribution in [0.1, 0.15) is 53.4 Å². The fourth-order valence-electron chi connectivity index (χ4n) is 3.96. The van der Waals surface area contributed by atoms with E-state index < -0.39 is 15.3 Å². The number of benzene rings is 1. The summed E-state index contributed by atoms with van der Waals surface area (Å²) < 4.78 is 20.2. The second-order valence-corrected chi connectivity index (χ2v) is 13.0. The maximum Gasteiger partial charge on any atom is 0.121 e. The maximum atomic E-state index is 13.9. The summed E-state index contributed by atoms with van der Waals surface area (Å²) in [6.45, 7) is 8.84. The van der Waals surface area contributed by atoms with Gasteiger partial charge in [-0.05, 0) is 32.6 Å². The first-order valence-corrected chi connectivity index (χ1v) is 11.8. The molecule has 0 radical (unpaired) electrons. The van der Waals surface area contributed by atoms with Crippen molar-refractivity contribution in [1.29, 1.82) is 0 Å². The Labute approximate surface area is 136 Å². The van der Waals surface area contributed by atoms with Crippen LogP contribution in [0, 0.1) is 0 Å². The number of hydrogen-bond donors (Lipinski definition) is 0. The highest BCUT2D eigenvalue weighted by atomic mass is 31.2. The molecule has 2 aliphatic heterocycles. The average molecular weight is 338 g/mol. The topological polar surface area (TPSA) is 26.3 Å². The van der Waals surface area contributed by atoms with Crippen LogP contribution in [-0.2, 0) is 9.09 Å². The average Bonchev–Trinajstić information content (AvgIpc) is 2.78. The van der Waals surface area contributed by atoms with Crippen molar-refractivity contribution in [3.8, 4) is 0 Å². The summed E-state index contributed by atoms with van der Waals surface area (Å²) in [6.07, 6.45) is 4.88. The second-order valence-electron chi connectivity index (χ2n) is 7.14. The monoisotopic (exact) mass is 338 g/mol. The van der Waals surface area contributed by atoms with E-state index in [4.69, 9.17) is 4.52 Å². The van der Waals surface area contributed by atoms with E-state index in [1.165, 1.54) is 11.7 Å². The first-order chi connectivity index (χ1) is 10.4. The summed E-state index contributed by atoms with van der Waals surface area (Å²) in [4.78, 5) is 0. The van der Waals surface area contributed by atoms with Crippen LogP contribution in [0.2, 0.25) is 0 Å². The van der Waals surface area contributed by atoms with Gasteiger partial charge in [-0.2, -0.15) is 0 Å². The standard InChI is InChI=1S/C18H28O2P2/c1-13-9-10-14(2)21(20-13)17-7-5-6-8-18(17)22(19)15(3)11-12-16(22)4/h5-8,13-16H,9-12H2,1-4H3/t13-,14-,15-,16-,21?/m0/s1. The molecule has 2 saturated heterocycles. The fraction of sp³-hybridized carbons (Fsp3) is 0.667. The Morgan fingerprint density at radius 2 is 1.64 bits per heavy atom. The fourth-order valence-corrected chi connectivity index (χ4v) is 10.6. The molecule has 1 aromatic rings. The van der Waals surface area contributed by atoms with Gasteiger partial charge in [0.2, 0.25) is 0 Å². The summed E-state index contributed by atoms with van der Waals surface area (Å²) in [5, 5.41) is 2.40. The van der Waals surface area contributed by atoms with Gasteiger partial charge in [-0.15, -0.1) is 0 Å². The van der Waals surface area contributed by atoms with Crippen molar-refractivity contribution in [2.75, 3.05) is 0 Å². The zero-order chi connectivity index (χ0) is 15.9. The van der Waals surface area contributed by atoms with E-state index in [9.17, 15) is 4.57 Å². The Bertz CT molecular complexity index is 572. The zero-order valence-corrected chi connectivity index (χ0v) is 15.9. The Balaban J connectivity index is 2.05. The lowest BCUT2D eigenvalue weighted by atomic mass is 10.2. The third kappa shape index (κ3) is 2.72. The largest absolute Gasteiger partial charge is 0.351 e. The molecule has 1 unspecified atom stereocenters. The minimum Gasteiger partial charge on any atom is -0.351 e. The van der Waals surface area contributed by atoms with Crippen LogP contribution in [-0.4, -0.2) is 23.1 Å². The molecule has 1 aromatic carbocycles. The lowest BCUT2D eigenvalue weighted by Crippen LogP contribution is -2.33. The van der Waals surface area contributed by atoms with E-state index in [0.717, 1.165) is 24.6 Å². The SMILES string of the molecule is C[C@H]1CC[C@H](C)P(c2ccccc2P2(=O)[C@@H](C)CC[C@@H]2C)O1. The summed E-state index contributed by atoms with van der Waals surface area (Å²) in [7, 11) is -2.97. The van der Waals surface area contributed by atoms with Gasteiger partial charge in [0, 0.05) is 27.6 Å². The molecule has 0 aliphatic carbocycles. The predicted octanol–water partition coefficient (Wildman–Crippen LogP) is 4.86. The molecule has 0 bridgehead atoms. The molecule has 22 heavy (non-hydrogen) atoms. The zero-order valence-electron chi connectivity index (χ0n) is 14.2. The van der Waals surface area contributed by atoms with Crippen LogP contribution in [0.5, 0.6) is 0 Å². The van der Waals surface area contributed by atoms with E-state index in [2.05, 4.69) is 52.0 Å². The van der Waals surface area contributed by atoms with Crippen molar-refractivity contribution in [2.45, 2.75) is 76.5 Å². The van der Waals surface area contributed by atoms with Gasteiger partial charge in [0.1, 0.15) is 7.14 Å². The highest BCUT2D eigenvalue weighted by molar-refractivity contribution is 7.76. The molecule has 0 spiro atoms. The summed E-state index contributed by atoms with van der Waals surface area (Å²) in [5.41, 5.74) is 1.19. The molecule has 3 rings (SSSR count). The highest BCUT2D eigenvalue weighted by Gasteiger charge is 2.45. The summed E-state index contributed by atoms with van der Waals surface area (Å²) in [5.74, 6) is 0. The molecule has 122 valence electrons. The molecule has 2 nitrogen and oxygen atoms in total. The molecular weight excluding hydrogens is 310 g/mol. The van der Waals surface area contributed by atoms with Crippen molar-refractivity contribution >= 4 is 25.9 Å². The molecule has 2 heterocycles. The van der Waals surface area contributed by atoms with Crippen molar-refractivity contribution in [1.82, 2.24) is 0 Å². The summed E-state index contributed by atoms with van der Waals surface area (Å²) in [6, 6.07) is 8.47. The van der Waals surface area contributed by atoms with Crippen LogP contribution < -0.4 is 10.6 Å². The Kier molecular flexibility index (Phi) is 4.84. The van der Waals surface area contributed by atoms with Crippen molar-refractivity contribution < 1.29 is 9.09 Å². The minimum atomic E-state index is -2.32. The van der Waals surface area contributed by atoms with Gasteiger partial charge in [0.15, 0.2) is 0 Å². The van der Waals surface area contributed by atoms with Crippen molar-refractivity contribution in [2.24, 2.45) is 0 Å². The third-order valence-corrected chi connectivity index (χ3v) is 12.5. The first kappa shape index (κ1) is 16.7. The van der Waals surface area contributed by atoms with Crippen molar-refractivity contribution in [3.63, 3.8) is 0 Å². The molecule has 5 atom stereocenters. The van der Waals surface area contributed by atoms with Gasteiger partial charge in [-0.3, -0.25) is 0 Å². The molecule has 0 aromatic heterocycles. The molecule has 0 saturated carbocycles. The van der Waals surface area contributed by atoms with Crippen molar-refractivity contribution in [3.05, 3.63) is 24.3 Å². The van der Waals surface area contributed by atoms with E-state index in [1.54, 1.807) is 0 Å². The normalized spacial score (nSPS) is 38.1. The number of hydrogen-bond acceptors (Lipinski definition) is 2. The minimum absolute atomic E-state index is 0.316. The quantitative estimate of drug-likeness (QED) is 0.720. The van der Waals surface area contributed by atoms with Crippen LogP contribution >= 0.6 is 15.3 Å². The lowest BCUT2D eigenvalue weighted by Gasteiger charge is -2.36. The molecule has 0 amide bonds. The van der Waals surface area contributed by atoms with Gasteiger partial charge in [0.05, 0.1) is 14.3 Å². The Morgan fingerprint density at radius 3 is 2.32 bits per heavy atom. The summed E-state index contributed by atoms with van der Waals surface area (Å²) >= 11 is 0. The predicted molar refractivity (Wildman–Crippen MR) is 97.6 cm³/mol. The van der Waals surface area contributed by atoms with E-state index >= 15 is 0 Å². The smallest absolute Gasteiger partial charge is 0.121 e. The maximum absolute atomic E-state index is 13.9. The number of rotatable bonds is 2. The van der Waals surface area contributed by atoms with Gasteiger partial charge in [-0.1, -0.05) is 45.0 Å². The molecule has 2 fully saturated rings.